The van der Waals surface area contributed by atoms with Gasteiger partial charge >= 0.3 is 0 Å². The van der Waals surface area contributed by atoms with Gasteiger partial charge in [-0.2, -0.15) is 0 Å². The number of nitrogens with zero attached hydrogens (tertiary/aromatic N) is 2. The van der Waals surface area contributed by atoms with Gasteiger partial charge in [-0.1, -0.05) is 0 Å². The van der Waals surface area contributed by atoms with Crippen molar-refractivity contribution in [2.24, 2.45) is 0 Å². The van der Waals surface area contributed by atoms with E-state index >= 15 is 0 Å². The van der Waals surface area contributed by atoms with Crippen molar-refractivity contribution in [3.8, 4) is 0 Å². The molecule has 1 unspecified atom stereocenters. The van der Waals surface area contributed by atoms with E-state index in [0.29, 0.717) is 24.6 Å². The van der Waals surface area contributed by atoms with Crippen molar-refractivity contribution >= 4 is 0 Å². The van der Waals surface area contributed by atoms with Gasteiger partial charge in [0.15, 0.2) is 0 Å². The van der Waals surface area contributed by atoms with E-state index in [1.165, 1.54) is 0 Å². The minimum Gasteiger partial charge on any atom is -0.423 e. The van der Waals surface area contributed by atoms with E-state index in [2.05, 4.69) is 15.5 Å². The number of hydrogen-bond donors (Lipinski definition) is 1. The van der Waals surface area contributed by atoms with Crippen molar-refractivity contribution in [2.75, 3.05) is 7.05 Å². The van der Waals surface area contributed by atoms with Gasteiger partial charge in [-0.3, -0.25) is 0 Å². The Balaban J connectivity index is 2.01. The number of aromatic nitrogens is 2. The van der Waals surface area contributed by atoms with Gasteiger partial charge in [-0.15, -0.1) is 10.2 Å². The van der Waals surface area contributed by atoms with Crippen LogP contribution in [0.15, 0.2) is 4.42 Å². The van der Waals surface area contributed by atoms with Crippen LogP contribution in [0.5, 0.6) is 0 Å². The summed E-state index contributed by atoms with van der Waals surface area (Å²) < 4.78 is 31.5. The second-order valence-electron chi connectivity index (χ2n) is 4.62. The van der Waals surface area contributed by atoms with Crippen molar-refractivity contribution < 1.29 is 13.2 Å². The molecule has 0 aromatic carbocycles. The summed E-state index contributed by atoms with van der Waals surface area (Å²) in [5.74, 6) is -1.52. The molecule has 1 aromatic rings. The number of nitrogens with one attached hydrogen (secondary N) is 1. The third-order valence-corrected chi connectivity index (χ3v) is 3.33. The molecule has 0 saturated heterocycles. The highest BCUT2D eigenvalue weighted by molar-refractivity contribution is 4.97. The van der Waals surface area contributed by atoms with E-state index < -0.39 is 5.92 Å². The van der Waals surface area contributed by atoms with Gasteiger partial charge in [0.1, 0.15) is 0 Å². The molecule has 6 heteroatoms. The summed E-state index contributed by atoms with van der Waals surface area (Å²) in [6.45, 7) is 1.91. The van der Waals surface area contributed by atoms with Gasteiger partial charge in [0, 0.05) is 18.8 Å². The Morgan fingerprint density at radius 2 is 2.00 bits per heavy atom. The topological polar surface area (TPSA) is 51.0 Å². The zero-order chi connectivity index (χ0) is 12.5. The highest BCUT2D eigenvalue weighted by Crippen LogP contribution is 2.40. The molecule has 4 nitrogen and oxygen atoms in total. The zero-order valence-electron chi connectivity index (χ0n) is 10.0. The monoisotopic (exact) mass is 245 g/mol. The molecular formula is C11H17F2N3O. The summed E-state index contributed by atoms with van der Waals surface area (Å²) >= 11 is 0. The molecule has 0 bridgehead atoms. The highest BCUT2D eigenvalue weighted by atomic mass is 19.3. The van der Waals surface area contributed by atoms with Crippen molar-refractivity contribution in [1.82, 2.24) is 15.5 Å². The second kappa shape index (κ2) is 4.68. The van der Waals surface area contributed by atoms with Crippen molar-refractivity contribution in [3.05, 3.63) is 11.8 Å². The molecular weight excluding hydrogens is 228 g/mol. The fraction of sp³-hybridized carbons (Fsp3) is 0.818. The first-order chi connectivity index (χ1) is 8.02. The molecule has 0 aliphatic heterocycles. The number of halogens is 2. The first-order valence-electron chi connectivity index (χ1n) is 5.90. The normalized spacial score (nSPS) is 22.6. The SMILES string of the molecule is CNC(C)c1nnc(C2CCC(F)(F)CC2)o1. The maximum absolute atomic E-state index is 13.0. The summed E-state index contributed by atoms with van der Waals surface area (Å²) in [6.07, 6.45) is 0.666. The Bertz CT molecular complexity index is 371. The lowest BCUT2D eigenvalue weighted by molar-refractivity contribution is -0.0399. The molecule has 1 N–H and O–H groups in total. The van der Waals surface area contributed by atoms with Crippen LogP contribution in [0, 0.1) is 0 Å². The predicted octanol–water partition coefficient (Wildman–Crippen LogP) is 2.64. The summed E-state index contributed by atoms with van der Waals surface area (Å²) in [7, 11) is 1.80. The quantitative estimate of drug-likeness (QED) is 0.889. The van der Waals surface area contributed by atoms with Crippen molar-refractivity contribution in [1.29, 1.82) is 0 Å². The molecule has 2 rings (SSSR count). The van der Waals surface area contributed by atoms with Crippen LogP contribution >= 0.6 is 0 Å². The van der Waals surface area contributed by atoms with E-state index in [-0.39, 0.29) is 24.8 Å². The van der Waals surface area contributed by atoms with Crippen LogP contribution in [0.25, 0.3) is 0 Å². The molecule has 0 spiro atoms. The maximum atomic E-state index is 13.0. The van der Waals surface area contributed by atoms with Gasteiger partial charge in [-0.25, -0.2) is 8.78 Å². The van der Waals surface area contributed by atoms with E-state index in [1.54, 1.807) is 7.05 Å². The Hall–Kier alpha value is -1.04. The fourth-order valence-electron chi connectivity index (χ4n) is 2.00. The molecule has 0 radical (unpaired) electrons. The molecule has 1 fully saturated rings. The average Bonchev–Trinajstić information content (AvgIpc) is 2.77. The van der Waals surface area contributed by atoms with Gasteiger partial charge in [0.05, 0.1) is 6.04 Å². The minimum atomic E-state index is -2.52. The molecule has 1 aliphatic carbocycles. The van der Waals surface area contributed by atoms with E-state index in [4.69, 9.17) is 4.42 Å². The molecule has 1 saturated carbocycles. The lowest BCUT2D eigenvalue weighted by Crippen LogP contribution is -2.23. The average molecular weight is 245 g/mol. The van der Waals surface area contributed by atoms with E-state index in [9.17, 15) is 8.78 Å². The molecule has 96 valence electrons. The molecule has 1 aromatic heterocycles. The Labute approximate surface area is 98.8 Å². The van der Waals surface area contributed by atoms with Crippen LogP contribution in [0.4, 0.5) is 8.78 Å². The standard InChI is InChI=1S/C11H17F2N3O/c1-7(14-2)9-15-16-10(17-9)8-3-5-11(12,13)6-4-8/h7-8,14H,3-6H2,1-2H3. The summed E-state index contributed by atoms with van der Waals surface area (Å²) in [4.78, 5) is 0. The fourth-order valence-corrected chi connectivity index (χ4v) is 2.00. The highest BCUT2D eigenvalue weighted by Gasteiger charge is 2.37. The summed E-state index contributed by atoms with van der Waals surface area (Å²) in [6, 6.07) is -0.0127. The summed E-state index contributed by atoms with van der Waals surface area (Å²) in [5.41, 5.74) is 0. The van der Waals surface area contributed by atoms with Crippen LogP contribution in [-0.4, -0.2) is 23.2 Å². The first-order valence-corrected chi connectivity index (χ1v) is 5.90. The van der Waals surface area contributed by atoms with E-state index in [1.807, 2.05) is 6.92 Å². The Morgan fingerprint density at radius 1 is 1.35 bits per heavy atom. The smallest absolute Gasteiger partial charge is 0.248 e. The van der Waals surface area contributed by atoms with Crippen LogP contribution < -0.4 is 5.32 Å². The van der Waals surface area contributed by atoms with Crippen molar-refractivity contribution in [3.63, 3.8) is 0 Å². The number of alkyl halides is 2. The Kier molecular flexibility index (Phi) is 3.42. The molecule has 0 amide bonds. The predicted molar refractivity (Wildman–Crippen MR) is 57.9 cm³/mol. The van der Waals surface area contributed by atoms with Gasteiger partial charge in [0.25, 0.3) is 0 Å². The lowest BCUT2D eigenvalue weighted by Gasteiger charge is -2.25. The minimum absolute atomic E-state index is 0.0127. The third-order valence-electron chi connectivity index (χ3n) is 3.33. The van der Waals surface area contributed by atoms with Crippen molar-refractivity contribution in [2.45, 2.75) is 50.5 Å². The van der Waals surface area contributed by atoms with Gasteiger partial charge < -0.3 is 9.73 Å². The third kappa shape index (κ3) is 2.80. The molecule has 1 atom stereocenters. The molecule has 1 aliphatic rings. The second-order valence-corrected chi connectivity index (χ2v) is 4.62. The maximum Gasteiger partial charge on any atom is 0.248 e. The molecule has 1 heterocycles. The summed E-state index contributed by atoms with van der Waals surface area (Å²) in [5, 5.41) is 10.9. The Morgan fingerprint density at radius 3 is 2.59 bits per heavy atom. The first kappa shape index (κ1) is 12.4. The van der Waals surface area contributed by atoms with Crippen LogP contribution in [0.2, 0.25) is 0 Å². The van der Waals surface area contributed by atoms with Gasteiger partial charge in [-0.05, 0) is 26.8 Å². The molecule has 17 heavy (non-hydrogen) atoms. The largest absolute Gasteiger partial charge is 0.423 e. The zero-order valence-corrected chi connectivity index (χ0v) is 10.0. The van der Waals surface area contributed by atoms with Crippen LogP contribution in [0.3, 0.4) is 0 Å². The lowest BCUT2D eigenvalue weighted by atomic mass is 9.87. The number of hydrogen-bond acceptors (Lipinski definition) is 4. The van der Waals surface area contributed by atoms with Crippen LogP contribution in [-0.2, 0) is 0 Å². The number of rotatable bonds is 3. The van der Waals surface area contributed by atoms with E-state index in [0.717, 1.165) is 0 Å². The van der Waals surface area contributed by atoms with Crippen LogP contribution in [0.1, 0.15) is 56.3 Å². The van der Waals surface area contributed by atoms with Gasteiger partial charge in [0.2, 0.25) is 17.7 Å².